The second kappa shape index (κ2) is 5.43. The van der Waals surface area contributed by atoms with Crippen molar-refractivity contribution in [2.45, 2.75) is 32.5 Å². The lowest BCUT2D eigenvalue weighted by Crippen LogP contribution is -2.06. The molecule has 0 bridgehead atoms. The van der Waals surface area contributed by atoms with Crippen molar-refractivity contribution in [3.63, 3.8) is 0 Å². The van der Waals surface area contributed by atoms with Crippen molar-refractivity contribution in [1.29, 1.82) is 0 Å². The first-order valence-electron chi connectivity index (χ1n) is 7.05. The Labute approximate surface area is 130 Å². The Hall–Kier alpha value is -1.82. The Morgan fingerprint density at radius 2 is 2.05 bits per heavy atom. The first-order chi connectivity index (χ1) is 10.4. The first-order valence-corrected chi connectivity index (χ1v) is 7.93. The zero-order chi connectivity index (χ0) is 15.9. The van der Waals surface area contributed by atoms with Crippen LogP contribution in [0.5, 0.6) is 0 Å². The molecule has 0 saturated carbocycles. The van der Waals surface area contributed by atoms with Crippen molar-refractivity contribution in [1.82, 2.24) is 9.55 Å². The third-order valence-corrected chi connectivity index (χ3v) is 4.66. The molecule has 2 heterocycles. The van der Waals surface area contributed by atoms with E-state index in [1.54, 1.807) is 0 Å². The second-order valence-corrected chi connectivity index (χ2v) is 6.19. The van der Waals surface area contributed by atoms with E-state index in [4.69, 9.17) is 0 Å². The Morgan fingerprint density at radius 3 is 2.64 bits per heavy atom. The van der Waals surface area contributed by atoms with Gasteiger partial charge in [0.1, 0.15) is 0 Å². The Balaban J connectivity index is 2.26. The molecule has 0 spiro atoms. The maximum Gasteiger partial charge on any atom is 0.416 e. The van der Waals surface area contributed by atoms with Gasteiger partial charge >= 0.3 is 6.18 Å². The number of rotatable bonds is 3. The van der Waals surface area contributed by atoms with E-state index in [2.05, 4.69) is 18.8 Å². The molecular formula is C16H15F3N2S. The van der Waals surface area contributed by atoms with Crippen molar-refractivity contribution >= 4 is 22.4 Å². The van der Waals surface area contributed by atoms with Crippen LogP contribution >= 0.6 is 11.3 Å². The maximum absolute atomic E-state index is 12.9. The summed E-state index contributed by atoms with van der Waals surface area (Å²) in [7, 11) is 0. The minimum absolute atomic E-state index is 0.166. The fourth-order valence-corrected chi connectivity index (χ4v) is 3.19. The molecule has 1 unspecified atom stereocenters. The largest absolute Gasteiger partial charge is 0.416 e. The molecule has 0 aliphatic rings. The van der Waals surface area contributed by atoms with Crippen molar-refractivity contribution in [3.05, 3.63) is 41.3 Å². The van der Waals surface area contributed by atoms with E-state index in [1.807, 2.05) is 22.1 Å². The highest BCUT2D eigenvalue weighted by Crippen LogP contribution is 2.35. The van der Waals surface area contributed by atoms with E-state index in [1.165, 1.54) is 17.4 Å². The van der Waals surface area contributed by atoms with Crippen molar-refractivity contribution in [3.8, 4) is 10.7 Å². The molecule has 1 aromatic carbocycles. The number of nitrogens with zero attached hydrogens (tertiary/aromatic N) is 2. The number of hydrogen-bond acceptors (Lipinski definition) is 2. The van der Waals surface area contributed by atoms with Gasteiger partial charge in [-0.2, -0.15) is 13.2 Å². The second-order valence-electron chi connectivity index (χ2n) is 5.24. The van der Waals surface area contributed by atoms with Gasteiger partial charge in [0.05, 0.1) is 21.5 Å². The van der Waals surface area contributed by atoms with Crippen LogP contribution in [0.1, 0.15) is 31.9 Å². The normalized spacial score (nSPS) is 13.7. The molecule has 22 heavy (non-hydrogen) atoms. The number of alkyl halides is 3. The molecule has 6 heteroatoms. The van der Waals surface area contributed by atoms with Gasteiger partial charge in [-0.15, -0.1) is 11.3 Å². The highest BCUT2D eigenvalue weighted by Gasteiger charge is 2.31. The Bertz CT molecular complexity index is 788. The van der Waals surface area contributed by atoms with E-state index in [-0.39, 0.29) is 6.04 Å². The number of imidazole rings is 1. The molecule has 0 aliphatic carbocycles. The zero-order valence-corrected chi connectivity index (χ0v) is 13.0. The lowest BCUT2D eigenvalue weighted by molar-refractivity contribution is -0.137. The van der Waals surface area contributed by atoms with Gasteiger partial charge in [0, 0.05) is 6.04 Å². The number of aromatic nitrogens is 2. The third kappa shape index (κ3) is 2.52. The van der Waals surface area contributed by atoms with Crippen LogP contribution in [0.4, 0.5) is 13.2 Å². The molecule has 2 nitrogen and oxygen atoms in total. The summed E-state index contributed by atoms with van der Waals surface area (Å²) in [6, 6.07) is 7.80. The molecule has 116 valence electrons. The average molecular weight is 324 g/mol. The van der Waals surface area contributed by atoms with Crippen molar-refractivity contribution in [2.75, 3.05) is 0 Å². The van der Waals surface area contributed by atoms with Gasteiger partial charge in [0.25, 0.3) is 0 Å². The van der Waals surface area contributed by atoms with Crippen LogP contribution in [-0.4, -0.2) is 9.55 Å². The summed E-state index contributed by atoms with van der Waals surface area (Å²) in [6.07, 6.45) is -3.47. The monoisotopic (exact) mass is 324 g/mol. The topological polar surface area (TPSA) is 17.8 Å². The smallest absolute Gasteiger partial charge is 0.320 e. The van der Waals surface area contributed by atoms with Gasteiger partial charge in [-0.25, -0.2) is 4.98 Å². The van der Waals surface area contributed by atoms with Crippen LogP contribution in [-0.2, 0) is 6.18 Å². The van der Waals surface area contributed by atoms with Gasteiger partial charge < -0.3 is 4.57 Å². The SMILES string of the molecule is CCC(C)n1c(-c2cccs2)nc2cc(C(F)(F)F)ccc21. The minimum atomic E-state index is -4.35. The summed E-state index contributed by atoms with van der Waals surface area (Å²) >= 11 is 1.54. The minimum Gasteiger partial charge on any atom is -0.320 e. The van der Waals surface area contributed by atoms with E-state index in [9.17, 15) is 13.2 Å². The summed E-state index contributed by atoms with van der Waals surface area (Å²) in [5.41, 5.74) is 0.468. The van der Waals surface area contributed by atoms with Crippen LogP contribution in [0.15, 0.2) is 35.7 Å². The zero-order valence-electron chi connectivity index (χ0n) is 12.2. The van der Waals surface area contributed by atoms with Gasteiger partial charge in [0.2, 0.25) is 0 Å². The quantitative estimate of drug-likeness (QED) is 0.599. The number of benzene rings is 1. The highest BCUT2D eigenvalue weighted by molar-refractivity contribution is 7.13. The van der Waals surface area contributed by atoms with Crippen molar-refractivity contribution < 1.29 is 13.2 Å². The van der Waals surface area contributed by atoms with E-state index in [0.29, 0.717) is 5.52 Å². The fraction of sp³-hybridized carbons (Fsp3) is 0.312. The molecule has 0 radical (unpaired) electrons. The van der Waals surface area contributed by atoms with Crippen LogP contribution < -0.4 is 0 Å². The Kier molecular flexibility index (Phi) is 3.72. The molecule has 3 aromatic rings. The molecule has 0 amide bonds. The van der Waals surface area contributed by atoms with Crippen LogP contribution in [0.25, 0.3) is 21.7 Å². The lowest BCUT2D eigenvalue weighted by Gasteiger charge is -2.15. The van der Waals surface area contributed by atoms with Crippen molar-refractivity contribution in [2.24, 2.45) is 0 Å². The first kappa shape index (κ1) is 15.1. The molecule has 0 fully saturated rings. The maximum atomic E-state index is 12.9. The van der Waals surface area contributed by atoms with Crippen LogP contribution in [0.3, 0.4) is 0 Å². The number of fused-ring (bicyclic) bond motifs is 1. The number of thiophene rings is 1. The van der Waals surface area contributed by atoms with Crippen LogP contribution in [0, 0.1) is 0 Å². The molecule has 3 rings (SSSR count). The predicted octanol–water partition coefficient (Wildman–Crippen LogP) is 5.75. The third-order valence-electron chi connectivity index (χ3n) is 3.79. The molecule has 0 N–H and O–H groups in total. The summed E-state index contributed by atoms with van der Waals surface area (Å²) in [5, 5.41) is 1.94. The predicted molar refractivity (Wildman–Crippen MR) is 83.1 cm³/mol. The van der Waals surface area contributed by atoms with Gasteiger partial charge in [0.15, 0.2) is 5.82 Å². The van der Waals surface area contributed by atoms with E-state index >= 15 is 0 Å². The van der Waals surface area contributed by atoms with Crippen LogP contribution in [0.2, 0.25) is 0 Å². The molecule has 2 aromatic heterocycles. The number of hydrogen-bond donors (Lipinski definition) is 0. The van der Waals surface area contributed by atoms with E-state index < -0.39 is 11.7 Å². The lowest BCUT2D eigenvalue weighted by atomic mass is 10.2. The van der Waals surface area contributed by atoms with Gasteiger partial charge in [-0.05, 0) is 43.0 Å². The molecule has 0 saturated heterocycles. The summed E-state index contributed by atoms with van der Waals surface area (Å²) in [5.74, 6) is 0.735. The van der Waals surface area contributed by atoms with Gasteiger partial charge in [-0.1, -0.05) is 13.0 Å². The summed E-state index contributed by atoms with van der Waals surface area (Å²) in [6.45, 7) is 4.11. The molecular weight excluding hydrogens is 309 g/mol. The average Bonchev–Trinajstić information content (AvgIpc) is 3.11. The Morgan fingerprint density at radius 1 is 1.27 bits per heavy atom. The summed E-state index contributed by atoms with van der Waals surface area (Å²) in [4.78, 5) is 5.43. The summed E-state index contributed by atoms with van der Waals surface area (Å²) < 4.78 is 40.7. The highest BCUT2D eigenvalue weighted by atomic mass is 32.1. The fourth-order valence-electron chi connectivity index (χ4n) is 2.48. The molecule has 0 aliphatic heterocycles. The van der Waals surface area contributed by atoms with Gasteiger partial charge in [-0.3, -0.25) is 0 Å². The molecule has 1 atom stereocenters. The standard InChI is InChI=1S/C16H15F3N2S/c1-3-10(2)21-13-7-6-11(16(17,18)19)9-12(13)20-15(21)14-5-4-8-22-14/h4-10H,3H2,1-2H3. The van der Waals surface area contributed by atoms with E-state index in [0.717, 1.165) is 34.8 Å². The number of halogens is 3.